The Hall–Kier alpha value is -2.60. The Kier molecular flexibility index (Phi) is 5.94. The minimum Gasteiger partial charge on any atom is -0.322 e. The first-order chi connectivity index (χ1) is 11.2. The second-order valence-electron chi connectivity index (χ2n) is 4.58. The number of aliphatic imine (C=N–C) groups is 1. The van der Waals surface area contributed by atoms with Gasteiger partial charge in [0.1, 0.15) is 0 Å². The molecular weight excluding hydrogens is 310 g/mol. The first-order valence-corrected chi connectivity index (χ1v) is 7.81. The fourth-order valence-corrected chi connectivity index (χ4v) is 2.84. The molecule has 5 nitrogen and oxygen atoms in total. The van der Waals surface area contributed by atoms with Gasteiger partial charge in [0.15, 0.2) is 5.17 Å². The Labute approximate surface area is 139 Å². The van der Waals surface area contributed by atoms with Crippen LogP contribution in [-0.2, 0) is 9.59 Å². The Bertz CT molecular complexity index is 680. The average Bonchev–Trinajstić information content (AvgIpc) is 2.83. The number of amides is 2. The number of nitrogens with zero attached hydrogens (tertiary/aromatic N) is 2. The summed E-state index contributed by atoms with van der Waals surface area (Å²) in [6.45, 7) is 8.00. The first-order valence-electron chi connectivity index (χ1n) is 6.99. The predicted molar refractivity (Wildman–Crippen MR) is 95.2 cm³/mol. The molecule has 118 valence electrons. The maximum absolute atomic E-state index is 12.4. The highest BCUT2D eigenvalue weighted by Crippen LogP contribution is 2.30. The Morgan fingerprint density at radius 3 is 2.65 bits per heavy atom. The van der Waals surface area contributed by atoms with Crippen LogP contribution in [0, 0.1) is 0 Å². The monoisotopic (exact) mass is 327 g/mol. The molecule has 1 saturated heterocycles. The van der Waals surface area contributed by atoms with Gasteiger partial charge in [0, 0.05) is 18.3 Å². The van der Waals surface area contributed by atoms with Gasteiger partial charge in [-0.25, -0.2) is 0 Å². The van der Waals surface area contributed by atoms with Crippen molar-refractivity contribution in [3.63, 3.8) is 0 Å². The van der Waals surface area contributed by atoms with E-state index >= 15 is 0 Å². The lowest BCUT2D eigenvalue weighted by Crippen LogP contribution is -2.29. The fourth-order valence-electron chi connectivity index (χ4n) is 1.88. The lowest BCUT2D eigenvalue weighted by Gasteiger charge is -2.12. The van der Waals surface area contributed by atoms with Gasteiger partial charge in [-0.15, -0.1) is 13.2 Å². The summed E-state index contributed by atoms with van der Waals surface area (Å²) in [5.74, 6) is -0.600. The lowest BCUT2D eigenvalue weighted by atomic mass is 10.3. The highest BCUT2D eigenvalue weighted by atomic mass is 32.2. The number of hydrogen-bond acceptors (Lipinski definition) is 4. The van der Waals surface area contributed by atoms with Crippen LogP contribution in [0.2, 0.25) is 0 Å². The van der Waals surface area contributed by atoms with E-state index < -0.39 is 0 Å². The van der Waals surface area contributed by atoms with E-state index in [-0.39, 0.29) is 11.8 Å². The van der Waals surface area contributed by atoms with Crippen molar-refractivity contribution in [2.24, 2.45) is 4.99 Å². The molecule has 1 aliphatic rings. The predicted octanol–water partition coefficient (Wildman–Crippen LogP) is 2.81. The van der Waals surface area contributed by atoms with Crippen LogP contribution in [0.15, 0.2) is 71.6 Å². The van der Waals surface area contributed by atoms with Crippen molar-refractivity contribution in [1.29, 1.82) is 0 Å². The summed E-state index contributed by atoms with van der Waals surface area (Å²) in [4.78, 5) is 30.5. The van der Waals surface area contributed by atoms with Crippen LogP contribution in [0.25, 0.3) is 0 Å². The van der Waals surface area contributed by atoms with E-state index in [1.54, 1.807) is 24.3 Å². The van der Waals surface area contributed by atoms with Gasteiger partial charge in [0.2, 0.25) is 5.91 Å². The van der Waals surface area contributed by atoms with Gasteiger partial charge in [-0.05, 0) is 23.9 Å². The van der Waals surface area contributed by atoms with Gasteiger partial charge in [0.25, 0.3) is 5.91 Å². The molecular formula is C17H17N3O2S. The number of rotatable bonds is 6. The molecule has 6 heteroatoms. The van der Waals surface area contributed by atoms with Gasteiger partial charge >= 0.3 is 0 Å². The zero-order valence-corrected chi connectivity index (χ0v) is 13.4. The molecule has 23 heavy (non-hydrogen) atoms. The molecule has 1 N–H and O–H groups in total. The highest BCUT2D eigenvalue weighted by Gasteiger charge is 2.32. The van der Waals surface area contributed by atoms with E-state index in [2.05, 4.69) is 23.5 Å². The third-order valence-corrected chi connectivity index (χ3v) is 3.90. The molecule has 1 heterocycles. The fraction of sp³-hybridized carbons (Fsp3) is 0.118. The summed E-state index contributed by atoms with van der Waals surface area (Å²) in [5, 5.41) is 3.27. The van der Waals surface area contributed by atoms with E-state index in [9.17, 15) is 9.59 Å². The van der Waals surface area contributed by atoms with Crippen molar-refractivity contribution < 1.29 is 9.59 Å². The molecule has 0 radical (unpaired) electrons. The standard InChI is InChI=1S/C17H17N3O2S/c1-3-10-18-17-20(11-4-2)16(22)14(23-17)12-15(21)19-13-8-6-5-7-9-13/h3-9,12H,1-2,10-11H2,(H,19,21)/b14-12+,18-17?. The Balaban J connectivity index is 2.15. The Morgan fingerprint density at radius 1 is 1.26 bits per heavy atom. The summed E-state index contributed by atoms with van der Waals surface area (Å²) in [6, 6.07) is 9.07. The van der Waals surface area contributed by atoms with Crippen molar-refractivity contribution in [2.75, 3.05) is 18.4 Å². The summed E-state index contributed by atoms with van der Waals surface area (Å²) < 4.78 is 0. The molecule has 2 amide bonds. The molecule has 0 unspecified atom stereocenters. The van der Waals surface area contributed by atoms with Crippen molar-refractivity contribution in [3.05, 3.63) is 66.6 Å². The van der Waals surface area contributed by atoms with Crippen LogP contribution < -0.4 is 5.32 Å². The molecule has 0 aliphatic carbocycles. The second kappa shape index (κ2) is 8.14. The number of amidine groups is 1. The summed E-state index contributed by atoms with van der Waals surface area (Å²) in [6.07, 6.45) is 4.56. The van der Waals surface area contributed by atoms with Crippen LogP contribution in [0.4, 0.5) is 5.69 Å². The van der Waals surface area contributed by atoms with Crippen molar-refractivity contribution in [1.82, 2.24) is 4.90 Å². The molecule has 0 atom stereocenters. The number of nitrogens with one attached hydrogen (secondary N) is 1. The second-order valence-corrected chi connectivity index (χ2v) is 5.59. The van der Waals surface area contributed by atoms with Gasteiger partial charge in [-0.2, -0.15) is 0 Å². The van der Waals surface area contributed by atoms with Crippen molar-refractivity contribution in [2.45, 2.75) is 0 Å². The van der Waals surface area contributed by atoms with Gasteiger partial charge in [0.05, 0.1) is 11.4 Å². The number of hydrogen-bond donors (Lipinski definition) is 1. The van der Waals surface area contributed by atoms with Crippen LogP contribution >= 0.6 is 11.8 Å². The number of benzene rings is 1. The number of thioether (sulfide) groups is 1. The van der Waals surface area contributed by atoms with Crippen LogP contribution in [-0.4, -0.2) is 35.0 Å². The minimum absolute atomic E-state index is 0.249. The molecule has 2 rings (SSSR count). The number of carbonyl (C=O) groups is 2. The molecule has 1 aromatic rings. The van der Waals surface area contributed by atoms with E-state index in [4.69, 9.17) is 0 Å². The third kappa shape index (κ3) is 4.43. The largest absolute Gasteiger partial charge is 0.322 e. The smallest absolute Gasteiger partial charge is 0.267 e. The quantitative estimate of drug-likeness (QED) is 0.645. The zero-order chi connectivity index (χ0) is 16.7. The maximum atomic E-state index is 12.4. The van der Waals surface area contributed by atoms with E-state index in [1.165, 1.54) is 22.7 Å². The summed E-state index contributed by atoms with van der Waals surface area (Å²) in [5.41, 5.74) is 0.674. The topological polar surface area (TPSA) is 61.8 Å². The number of para-hydroxylation sites is 1. The van der Waals surface area contributed by atoms with Crippen LogP contribution in [0.5, 0.6) is 0 Å². The molecule has 0 saturated carbocycles. The number of anilines is 1. The highest BCUT2D eigenvalue weighted by molar-refractivity contribution is 8.18. The van der Waals surface area contributed by atoms with Crippen LogP contribution in [0.3, 0.4) is 0 Å². The summed E-state index contributed by atoms with van der Waals surface area (Å²) in [7, 11) is 0. The number of carbonyl (C=O) groups excluding carboxylic acids is 2. The normalized spacial score (nSPS) is 17.6. The molecule has 0 spiro atoms. The SMILES string of the molecule is C=CCN=C1S/C(=C/C(=O)Nc2ccccc2)C(=O)N1CC=C. The average molecular weight is 327 g/mol. The molecule has 1 fully saturated rings. The van der Waals surface area contributed by atoms with Crippen molar-refractivity contribution >= 4 is 34.4 Å². The van der Waals surface area contributed by atoms with Gasteiger partial charge in [-0.1, -0.05) is 30.4 Å². The minimum atomic E-state index is -0.351. The third-order valence-electron chi connectivity index (χ3n) is 2.86. The Morgan fingerprint density at radius 2 is 2.00 bits per heavy atom. The van der Waals surface area contributed by atoms with E-state index in [1.807, 2.05) is 18.2 Å². The maximum Gasteiger partial charge on any atom is 0.267 e. The van der Waals surface area contributed by atoms with Crippen molar-refractivity contribution in [3.8, 4) is 0 Å². The molecule has 1 aromatic carbocycles. The lowest BCUT2D eigenvalue weighted by molar-refractivity contribution is -0.122. The van der Waals surface area contributed by atoms with E-state index in [0.717, 1.165) is 0 Å². The van der Waals surface area contributed by atoms with E-state index in [0.29, 0.717) is 28.8 Å². The first kappa shape index (κ1) is 16.8. The van der Waals surface area contributed by atoms with Gasteiger partial charge in [-0.3, -0.25) is 19.5 Å². The zero-order valence-electron chi connectivity index (χ0n) is 12.6. The molecule has 0 aromatic heterocycles. The van der Waals surface area contributed by atoms with Gasteiger partial charge < -0.3 is 5.32 Å². The molecule has 0 bridgehead atoms. The summed E-state index contributed by atoms with van der Waals surface area (Å²) >= 11 is 1.18. The molecule has 1 aliphatic heterocycles. The van der Waals surface area contributed by atoms with Crippen LogP contribution in [0.1, 0.15) is 0 Å².